The van der Waals surface area contributed by atoms with E-state index in [4.69, 9.17) is 9.47 Å². The van der Waals surface area contributed by atoms with Crippen LogP contribution in [-0.2, 0) is 11.2 Å². The van der Waals surface area contributed by atoms with Crippen LogP contribution in [0, 0.1) is 0 Å². The molecule has 0 amide bonds. The predicted octanol–water partition coefficient (Wildman–Crippen LogP) is 2.60. The summed E-state index contributed by atoms with van der Waals surface area (Å²) in [5.41, 5.74) is 0.903. The van der Waals surface area contributed by atoms with Gasteiger partial charge in [0.2, 0.25) is 0 Å². The van der Waals surface area contributed by atoms with Crippen molar-refractivity contribution in [2.24, 2.45) is 0 Å². The van der Waals surface area contributed by atoms with Crippen molar-refractivity contribution in [3.05, 3.63) is 22.2 Å². The molecule has 15 heavy (non-hydrogen) atoms. The van der Waals surface area contributed by atoms with Gasteiger partial charge in [0.1, 0.15) is 5.78 Å². The molecule has 0 spiro atoms. The number of carbonyl (C=O) groups is 1. The molecule has 0 aliphatic rings. The van der Waals surface area contributed by atoms with Gasteiger partial charge < -0.3 is 9.47 Å². The minimum absolute atomic E-state index is 0.114. The minimum atomic E-state index is 0.114. The molecule has 0 aliphatic heterocycles. The normalized spacial score (nSPS) is 9.87. The minimum Gasteiger partial charge on any atom is -0.493 e. The molecule has 0 bridgehead atoms. The van der Waals surface area contributed by atoms with Crippen LogP contribution in [0.5, 0.6) is 11.5 Å². The van der Waals surface area contributed by atoms with Gasteiger partial charge in [-0.2, -0.15) is 0 Å². The molecule has 82 valence electrons. The maximum absolute atomic E-state index is 11.0. The monoisotopic (exact) mass is 272 g/mol. The summed E-state index contributed by atoms with van der Waals surface area (Å²) < 4.78 is 11.2. The number of benzene rings is 1. The average molecular weight is 273 g/mol. The van der Waals surface area contributed by atoms with Gasteiger partial charge in [0, 0.05) is 10.9 Å². The Hall–Kier alpha value is -1.03. The first kappa shape index (κ1) is 12.0. The van der Waals surface area contributed by atoms with Crippen molar-refractivity contribution < 1.29 is 14.3 Å². The molecule has 0 radical (unpaired) electrons. The highest BCUT2D eigenvalue weighted by Crippen LogP contribution is 2.33. The first-order valence-electron chi connectivity index (χ1n) is 4.48. The summed E-state index contributed by atoms with van der Waals surface area (Å²) in [5, 5.41) is 0. The molecule has 0 atom stereocenters. The molecule has 0 saturated carbocycles. The quantitative estimate of drug-likeness (QED) is 0.845. The topological polar surface area (TPSA) is 35.5 Å². The first-order chi connectivity index (χ1) is 7.08. The second-order valence-corrected chi connectivity index (χ2v) is 4.03. The third kappa shape index (κ3) is 2.96. The number of rotatable bonds is 4. The van der Waals surface area contributed by atoms with Crippen LogP contribution in [0.25, 0.3) is 0 Å². The Kier molecular flexibility index (Phi) is 4.15. The van der Waals surface area contributed by atoms with Crippen LogP contribution in [0.4, 0.5) is 0 Å². The smallest absolute Gasteiger partial charge is 0.161 e. The number of hydrogen-bond acceptors (Lipinski definition) is 3. The Morgan fingerprint density at radius 1 is 1.27 bits per heavy atom. The van der Waals surface area contributed by atoms with Crippen LogP contribution >= 0.6 is 15.9 Å². The zero-order chi connectivity index (χ0) is 11.4. The summed E-state index contributed by atoms with van der Waals surface area (Å²) in [7, 11) is 3.15. The number of Topliss-reactive ketones (excluding diaryl/α,β-unsaturated/α-hetero) is 1. The standard InChI is InChI=1S/C11H13BrO3/c1-7(13)4-8-5-10(14-2)11(15-3)6-9(8)12/h5-6H,4H2,1-3H3. The number of ether oxygens (including phenoxy) is 2. The zero-order valence-corrected chi connectivity index (χ0v) is 10.6. The van der Waals surface area contributed by atoms with E-state index in [-0.39, 0.29) is 5.78 Å². The van der Waals surface area contributed by atoms with E-state index in [0.29, 0.717) is 17.9 Å². The van der Waals surface area contributed by atoms with Crippen LogP contribution in [0.2, 0.25) is 0 Å². The number of carbonyl (C=O) groups excluding carboxylic acids is 1. The molecule has 1 aromatic rings. The largest absolute Gasteiger partial charge is 0.493 e. The summed E-state index contributed by atoms with van der Waals surface area (Å²) in [5.74, 6) is 1.40. The van der Waals surface area contributed by atoms with Gasteiger partial charge in [0.25, 0.3) is 0 Å². The van der Waals surface area contributed by atoms with Crippen LogP contribution in [-0.4, -0.2) is 20.0 Å². The Labute approximate surface area is 97.5 Å². The van der Waals surface area contributed by atoms with Crippen LogP contribution in [0.3, 0.4) is 0 Å². The summed E-state index contributed by atoms with van der Waals surface area (Å²) in [4.78, 5) is 11.0. The van der Waals surface area contributed by atoms with Crippen molar-refractivity contribution in [1.29, 1.82) is 0 Å². The molecule has 0 heterocycles. The molecule has 0 aromatic heterocycles. The molecule has 0 N–H and O–H groups in total. The van der Waals surface area contributed by atoms with E-state index in [1.165, 1.54) is 0 Å². The number of hydrogen-bond donors (Lipinski definition) is 0. The van der Waals surface area contributed by atoms with Crippen molar-refractivity contribution >= 4 is 21.7 Å². The van der Waals surface area contributed by atoms with Gasteiger partial charge in [0.15, 0.2) is 11.5 Å². The maximum Gasteiger partial charge on any atom is 0.161 e. The Bertz CT molecular complexity index is 374. The van der Waals surface area contributed by atoms with Gasteiger partial charge >= 0.3 is 0 Å². The third-order valence-corrected chi connectivity index (χ3v) is 2.73. The van der Waals surface area contributed by atoms with Crippen molar-refractivity contribution in [2.45, 2.75) is 13.3 Å². The fourth-order valence-electron chi connectivity index (χ4n) is 1.30. The summed E-state index contributed by atoms with van der Waals surface area (Å²) in [6, 6.07) is 3.61. The molecule has 4 heteroatoms. The molecule has 0 aliphatic carbocycles. The van der Waals surface area contributed by atoms with Crippen LogP contribution in [0.15, 0.2) is 16.6 Å². The number of methoxy groups -OCH3 is 2. The maximum atomic E-state index is 11.0. The predicted molar refractivity (Wildman–Crippen MR) is 61.6 cm³/mol. The van der Waals surface area contributed by atoms with Gasteiger partial charge in [-0.3, -0.25) is 4.79 Å². The Balaban J connectivity index is 3.13. The Morgan fingerprint density at radius 2 is 1.80 bits per heavy atom. The highest BCUT2D eigenvalue weighted by molar-refractivity contribution is 9.10. The lowest BCUT2D eigenvalue weighted by atomic mass is 10.1. The third-order valence-electron chi connectivity index (χ3n) is 1.99. The summed E-state index contributed by atoms with van der Waals surface area (Å²) >= 11 is 3.39. The fraction of sp³-hybridized carbons (Fsp3) is 0.364. The van der Waals surface area contributed by atoms with Gasteiger partial charge in [0.05, 0.1) is 14.2 Å². The first-order valence-corrected chi connectivity index (χ1v) is 5.27. The van der Waals surface area contributed by atoms with E-state index in [9.17, 15) is 4.79 Å². The lowest BCUT2D eigenvalue weighted by Gasteiger charge is -2.10. The van der Waals surface area contributed by atoms with Gasteiger partial charge in [-0.25, -0.2) is 0 Å². The van der Waals surface area contributed by atoms with E-state index < -0.39 is 0 Å². The highest BCUT2D eigenvalue weighted by Gasteiger charge is 2.10. The molecule has 1 aromatic carbocycles. The van der Waals surface area contributed by atoms with E-state index >= 15 is 0 Å². The molecular formula is C11H13BrO3. The summed E-state index contributed by atoms with van der Waals surface area (Å²) in [6.07, 6.45) is 0.390. The molecule has 0 fully saturated rings. The van der Waals surface area contributed by atoms with Crippen molar-refractivity contribution in [2.75, 3.05) is 14.2 Å². The fourth-order valence-corrected chi connectivity index (χ4v) is 1.76. The SMILES string of the molecule is COc1cc(Br)c(CC(C)=O)cc1OC. The average Bonchev–Trinajstić information content (AvgIpc) is 2.19. The van der Waals surface area contributed by atoms with E-state index in [1.54, 1.807) is 27.2 Å². The van der Waals surface area contributed by atoms with Gasteiger partial charge in [-0.1, -0.05) is 15.9 Å². The second kappa shape index (κ2) is 5.16. The van der Waals surface area contributed by atoms with Crippen LogP contribution in [0.1, 0.15) is 12.5 Å². The van der Waals surface area contributed by atoms with E-state index in [0.717, 1.165) is 10.0 Å². The molecule has 0 unspecified atom stereocenters. The molecule has 3 nitrogen and oxygen atoms in total. The lowest BCUT2D eigenvalue weighted by molar-refractivity contribution is -0.116. The zero-order valence-electron chi connectivity index (χ0n) is 8.96. The van der Waals surface area contributed by atoms with Gasteiger partial charge in [-0.05, 0) is 24.6 Å². The number of halogens is 1. The van der Waals surface area contributed by atoms with E-state index in [2.05, 4.69) is 15.9 Å². The molecule has 0 saturated heterocycles. The lowest BCUT2D eigenvalue weighted by Crippen LogP contribution is -1.99. The molecule has 1 rings (SSSR count). The number of ketones is 1. The summed E-state index contributed by atoms with van der Waals surface area (Å²) in [6.45, 7) is 1.56. The highest BCUT2D eigenvalue weighted by atomic mass is 79.9. The van der Waals surface area contributed by atoms with Crippen molar-refractivity contribution in [1.82, 2.24) is 0 Å². The van der Waals surface area contributed by atoms with Crippen molar-refractivity contribution in [3.63, 3.8) is 0 Å². The second-order valence-electron chi connectivity index (χ2n) is 3.18. The van der Waals surface area contributed by atoms with Crippen LogP contribution < -0.4 is 9.47 Å². The molecular weight excluding hydrogens is 260 g/mol. The van der Waals surface area contributed by atoms with E-state index in [1.807, 2.05) is 6.07 Å². The van der Waals surface area contributed by atoms with Crippen molar-refractivity contribution in [3.8, 4) is 11.5 Å². The van der Waals surface area contributed by atoms with Gasteiger partial charge in [-0.15, -0.1) is 0 Å². The Morgan fingerprint density at radius 3 is 2.27 bits per heavy atom.